The molecule has 100 valence electrons. The van der Waals surface area contributed by atoms with E-state index in [1.54, 1.807) is 18.3 Å². The fraction of sp³-hybridized carbons (Fsp3) is 0.133. The summed E-state index contributed by atoms with van der Waals surface area (Å²) in [5.74, 6) is 1.09. The predicted octanol–water partition coefficient (Wildman–Crippen LogP) is 2.52. The molecule has 0 N–H and O–H groups in total. The number of rotatable bonds is 2. The molecule has 5 nitrogen and oxygen atoms in total. The number of nitrogens with zero attached hydrogens (tertiary/aromatic N) is 3. The Bertz CT molecular complexity index is 793. The van der Waals surface area contributed by atoms with Crippen molar-refractivity contribution in [1.82, 2.24) is 14.5 Å². The number of aromatic nitrogens is 3. The van der Waals surface area contributed by atoms with Gasteiger partial charge in [-0.15, -0.1) is 0 Å². The zero-order valence-corrected chi connectivity index (χ0v) is 11.2. The number of carbonyl (C=O) groups excluding carboxylic acids is 1. The van der Waals surface area contributed by atoms with Crippen molar-refractivity contribution in [3.05, 3.63) is 54.0 Å². The molecular weight excluding hydrogens is 254 g/mol. The highest BCUT2D eigenvalue weighted by Gasteiger charge is 2.12. The first-order valence-electron chi connectivity index (χ1n) is 6.19. The summed E-state index contributed by atoms with van der Waals surface area (Å²) in [6, 6.07) is 11.1. The van der Waals surface area contributed by atoms with Gasteiger partial charge in [0, 0.05) is 6.20 Å². The number of hydrogen-bond donors (Lipinski definition) is 0. The number of fused-ring (bicyclic) bond motifs is 1. The maximum atomic E-state index is 11.6. The van der Waals surface area contributed by atoms with Crippen molar-refractivity contribution in [2.45, 2.75) is 6.92 Å². The van der Waals surface area contributed by atoms with Crippen LogP contribution in [0, 0.1) is 6.92 Å². The zero-order chi connectivity index (χ0) is 14.1. The molecule has 0 bridgehead atoms. The minimum Gasteiger partial charge on any atom is -0.465 e. The molecule has 5 heteroatoms. The lowest BCUT2D eigenvalue weighted by Crippen LogP contribution is -2.05. The summed E-state index contributed by atoms with van der Waals surface area (Å²) < 4.78 is 6.65. The van der Waals surface area contributed by atoms with E-state index in [9.17, 15) is 4.79 Å². The lowest BCUT2D eigenvalue weighted by atomic mass is 10.2. The van der Waals surface area contributed by atoms with Gasteiger partial charge in [0.1, 0.15) is 11.6 Å². The molecular formula is C15H13N3O2. The lowest BCUT2D eigenvalue weighted by molar-refractivity contribution is 0.0600. The van der Waals surface area contributed by atoms with Crippen molar-refractivity contribution in [2.24, 2.45) is 0 Å². The van der Waals surface area contributed by atoms with E-state index in [1.165, 1.54) is 7.11 Å². The van der Waals surface area contributed by atoms with Crippen molar-refractivity contribution >= 4 is 17.0 Å². The Morgan fingerprint density at radius 2 is 2.05 bits per heavy atom. The topological polar surface area (TPSA) is 57.0 Å². The molecule has 0 amide bonds. The van der Waals surface area contributed by atoms with Gasteiger partial charge in [0.15, 0.2) is 0 Å². The van der Waals surface area contributed by atoms with E-state index in [4.69, 9.17) is 4.74 Å². The normalized spacial score (nSPS) is 10.7. The Morgan fingerprint density at radius 1 is 1.25 bits per heavy atom. The number of carbonyl (C=O) groups is 1. The van der Waals surface area contributed by atoms with Crippen molar-refractivity contribution < 1.29 is 9.53 Å². The molecule has 3 rings (SSSR count). The maximum Gasteiger partial charge on any atom is 0.338 e. The largest absolute Gasteiger partial charge is 0.465 e. The van der Waals surface area contributed by atoms with E-state index >= 15 is 0 Å². The van der Waals surface area contributed by atoms with Gasteiger partial charge in [-0.25, -0.2) is 14.8 Å². The number of ether oxygens (including phenoxy) is 1. The van der Waals surface area contributed by atoms with Crippen molar-refractivity contribution in [3.63, 3.8) is 0 Å². The minimum absolute atomic E-state index is 0.379. The Morgan fingerprint density at radius 3 is 2.85 bits per heavy atom. The van der Waals surface area contributed by atoms with Gasteiger partial charge in [-0.05, 0) is 31.2 Å². The number of imidazole rings is 1. The van der Waals surface area contributed by atoms with Crippen LogP contribution in [0.25, 0.3) is 16.9 Å². The number of methoxy groups -OCH3 is 1. The van der Waals surface area contributed by atoms with E-state index in [2.05, 4.69) is 9.97 Å². The third kappa shape index (κ3) is 1.93. The average Bonchev–Trinajstić information content (AvgIpc) is 2.82. The highest BCUT2D eigenvalue weighted by molar-refractivity contribution is 5.90. The van der Waals surface area contributed by atoms with Gasteiger partial charge in [0.25, 0.3) is 0 Å². The first-order valence-corrected chi connectivity index (χ1v) is 6.19. The summed E-state index contributed by atoms with van der Waals surface area (Å²) in [6.07, 6.45) is 1.59. The van der Waals surface area contributed by atoms with Crippen LogP contribution < -0.4 is 0 Å². The highest BCUT2D eigenvalue weighted by Crippen LogP contribution is 2.20. The van der Waals surface area contributed by atoms with Crippen LogP contribution in [0.4, 0.5) is 0 Å². The molecule has 0 aliphatic heterocycles. The third-order valence-electron chi connectivity index (χ3n) is 3.12. The maximum absolute atomic E-state index is 11.6. The average molecular weight is 267 g/mol. The van der Waals surface area contributed by atoms with E-state index in [-0.39, 0.29) is 5.97 Å². The number of pyridine rings is 1. The van der Waals surface area contributed by atoms with Gasteiger partial charge < -0.3 is 4.74 Å². The van der Waals surface area contributed by atoms with Crippen LogP contribution in [-0.2, 0) is 4.74 Å². The first-order chi connectivity index (χ1) is 9.70. The molecule has 0 spiro atoms. The van der Waals surface area contributed by atoms with Gasteiger partial charge in [-0.3, -0.25) is 4.57 Å². The minimum atomic E-state index is -0.379. The molecule has 3 aromatic rings. The monoisotopic (exact) mass is 267 g/mol. The van der Waals surface area contributed by atoms with Gasteiger partial charge in [-0.1, -0.05) is 12.1 Å². The van der Waals surface area contributed by atoms with Crippen LogP contribution in [0.15, 0.2) is 42.6 Å². The molecule has 0 radical (unpaired) electrons. The molecule has 0 atom stereocenters. The fourth-order valence-electron chi connectivity index (χ4n) is 2.22. The number of aryl methyl sites for hydroxylation is 1. The molecule has 2 heterocycles. The van der Waals surface area contributed by atoms with E-state index in [1.807, 2.05) is 35.8 Å². The van der Waals surface area contributed by atoms with Crippen LogP contribution in [0.2, 0.25) is 0 Å². The van der Waals surface area contributed by atoms with Crippen LogP contribution in [0.3, 0.4) is 0 Å². The standard InChI is InChI=1S/C15H13N3O2/c1-10-17-12-5-3-4-6-13(12)18(10)14-9-11(7-8-16-14)15(19)20-2/h3-9H,1-2H3. The van der Waals surface area contributed by atoms with Crippen LogP contribution >= 0.6 is 0 Å². The molecule has 20 heavy (non-hydrogen) atoms. The van der Waals surface area contributed by atoms with Crippen molar-refractivity contribution in [1.29, 1.82) is 0 Å². The van der Waals surface area contributed by atoms with Crippen LogP contribution in [-0.4, -0.2) is 27.6 Å². The summed E-state index contributed by atoms with van der Waals surface area (Å²) >= 11 is 0. The Balaban J connectivity index is 2.21. The second-order valence-electron chi connectivity index (χ2n) is 4.38. The first kappa shape index (κ1) is 12.3. The summed E-state index contributed by atoms with van der Waals surface area (Å²) in [7, 11) is 1.36. The second-order valence-corrected chi connectivity index (χ2v) is 4.38. The van der Waals surface area contributed by atoms with Crippen LogP contribution in [0.1, 0.15) is 16.2 Å². The van der Waals surface area contributed by atoms with Crippen LogP contribution in [0.5, 0.6) is 0 Å². The molecule has 0 fully saturated rings. The fourth-order valence-corrected chi connectivity index (χ4v) is 2.22. The van der Waals surface area contributed by atoms with Gasteiger partial charge in [0.05, 0.1) is 23.7 Å². The van der Waals surface area contributed by atoms with Gasteiger partial charge in [-0.2, -0.15) is 0 Å². The van der Waals surface area contributed by atoms with E-state index in [0.29, 0.717) is 11.4 Å². The SMILES string of the molecule is COC(=O)c1ccnc(-n2c(C)nc3ccccc32)c1. The molecule has 1 aromatic carbocycles. The van der Waals surface area contributed by atoms with E-state index in [0.717, 1.165) is 16.9 Å². The van der Waals surface area contributed by atoms with Gasteiger partial charge >= 0.3 is 5.97 Å². The second kappa shape index (κ2) is 4.77. The molecule has 2 aromatic heterocycles. The third-order valence-corrected chi connectivity index (χ3v) is 3.12. The number of hydrogen-bond acceptors (Lipinski definition) is 4. The van der Waals surface area contributed by atoms with E-state index < -0.39 is 0 Å². The molecule has 0 aliphatic carbocycles. The Hall–Kier alpha value is -2.69. The quantitative estimate of drug-likeness (QED) is 0.669. The van der Waals surface area contributed by atoms with Crippen molar-refractivity contribution in [3.8, 4) is 5.82 Å². The lowest BCUT2D eigenvalue weighted by Gasteiger charge is -2.07. The van der Waals surface area contributed by atoms with Gasteiger partial charge in [0.2, 0.25) is 0 Å². The smallest absolute Gasteiger partial charge is 0.338 e. The number of para-hydroxylation sites is 2. The Labute approximate surface area is 115 Å². The zero-order valence-electron chi connectivity index (χ0n) is 11.2. The Kier molecular flexibility index (Phi) is 2.95. The molecule has 0 saturated carbocycles. The number of benzene rings is 1. The summed E-state index contributed by atoms with van der Waals surface area (Å²) in [6.45, 7) is 1.91. The molecule has 0 saturated heterocycles. The number of esters is 1. The summed E-state index contributed by atoms with van der Waals surface area (Å²) in [5.41, 5.74) is 2.32. The summed E-state index contributed by atoms with van der Waals surface area (Å²) in [5, 5.41) is 0. The molecule has 0 unspecified atom stereocenters. The highest BCUT2D eigenvalue weighted by atomic mass is 16.5. The summed E-state index contributed by atoms with van der Waals surface area (Å²) in [4.78, 5) is 20.4. The van der Waals surface area contributed by atoms with Crippen molar-refractivity contribution in [2.75, 3.05) is 7.11 Å². The predicted molar refractivity (Wildman–Crippen MR) is 74.9 cm³/mol. The molecule has 0 aliphatic rings.